The second kappa shape index (κ2) is 8.31. The van der Waals surface area contributed by atoms with Gasteiger partial charge in [-0.3, -0.25) is 10.2 Å². The molecular formula is C18H14Cl2N4OS. The van der Waals surface area contributed by atoms with Gasteiger partial charge in [-0.1, -0.05) is 47.5 Å². The van der Waals surface area contributed by atoms with Crippen molar-refractivity contribution >= 4 is 57.5 Å². The number of anilines is 2. The molecule has 0 spiro atoms. The largest absolute Gasteiger partial charge is 0.326 e. The monoisotopic (exact) mass is 404 g/mol. The Labute approximate surface area is 164 Å². The number of benzene rings is 2. The second-order valence-corrected chi connectivity index (χ2v) is 6.95. The van der Waals surface area contributed by atoms with Crippen molar-refractivity contribution in [2.24, 2.45) is 5.10 Å². The zero-order valence-corrected chi connectivity index (χ0v) is 16.0. The topological polar surface area (TPSA) is 66.4 Å². The number of carbonyl (C=O) groups excluding carboxylic acids is 1. The number of nitrogens with one attached hydrogen (secondary N) is 2. The van der Waals surface area contributed by atoms with Crippen LogP contribution in [0, 0.1) is 0 Å². The van der Waals surface area contributed by atoms with E-state index in [1.54, 1.807) is 12.3 Å². The molecule has 0 aliphatic heterocycles. The number of hydrogen-bond acceptors (Lipinski definition) is 5. The molecule has 1 aromatic heterocycles. The van der Waals surface area contributed by atoms with Crippen LogP contribution < -0.4 is 10.7 Å². The maximum Gasteiger partial charge on any atom is 0.221 e. The highest BCUT2D eigenvalue weighted by molar-refractivity contribution is 7.14. The molecule has 3 aromatic rings. The lowest BCUT2D eigenvalue weighted by molar-refractivity contribution is -0.114. The summed E-state index contributed by atoms with van der Waals surface area (Å²) in [6.07, 6.45) is 1.59. The van der Waals surface area contributed by atoms with Gasteiger partial charge in [0.15, 0.2) is 0 Å². The highest BCUT2D eigenvalue weighted by Crippen LogP contribution is 2.27. The Morgan fingerprint density at radius 2 is 1.96 bits per heavy atom. The minimum Gasteiger partial charge on any atom is -0.326 e. The molecule has 1 amide bonds. The van der Waals surface area contributed by atoms with E-state index in [2.05, 4.69) is 20.8 Å². The fourth-order valence-electron chi connectivity index (χ4n) is 2.16. The lowest BCUT2D eigenvalue weighted by Crippen LogP contribution is -2.05. The first kappa shape index (κ1) is 18.4. The smallest absolute Gasteiger partial charge is 0.221 e. The quantitative estimate of drug-likeness (QED) is 0.434. The summed E-state index contributed by atoms with van der Waals surface area (Å²) in [4.78, 5) is 15.5. The number of thiazole rings is 1. The van der Waals surface area contributed by atoms with Gasteiger partial charge in [0.2, 0.25) is 11.0 Å². The van der Waals surface area contributed by atoms with E-state index >= 15 is 0 Å². The first-order valence-electron chi connectivity index (χ1n) is 7.59. The lowest BCUT2D eigenvalue weighted by atomic mass is 10.1. The van der Waals surface area contributed by atoms with Crippen molar-refractivity contribution in [1.82, 2.24) is 4.98 Å². The van der Waals surface area contributed by atoms with Crippen LogP contribution in [0.15, 0.2) is 52.9 Å². The Kier molecular flexibility index (Phi) is 5.88. The zero-order chi connectivity index (χ0) is 18.5. The van der Waals surface area contributed by atoms with Crippen molar-refractivity contribution < 1.29 is 4.79 Å². The maximum atomic E-state index is 11.1. The molecule has 5 nitrogen and oxygen atoms in total. The lowest BCUT2D eigenvalue weighted by Gasteiger charge is -2.02. The van der Waals surface area contributed by atoms with Crippen LogP contribution in [0.25, 0.3) is 11.3 Å². The Morgan fingerprint density at radius 1 is 1.19 bits per heavy atom. The van der Waals surface area contributed by atoms with Crippen LogP contribution in [-0.2, 0) is 4.79 Å². The van der Waals surface area contributed by atoms with E-state index in [0.29, 0.717) is 15.2 Å². The van der Waals surface area contributed by atoms with Gasteiger partial charge in [0.1, 0.15) is 0 Å². The van der Waals surface area contributed by atoms with Gasteiger partial charge in [0.05, 0.1) is 22.0 Å². The zero-order valence-electron chi connectivity index (χ0n) is 13.7. The van der Waals surface area contributed by atoms with Crippen LogP contribution in [0.2, 0.25) is 10.0 Å². The molecule has 0 atom stereocenters. The molecule has 2 aromatic carbocycles. The molecule has 0 aliphatic rings. The van der Waals surface area contributed by atoms with E-state index in [4.69, 9.17) is 23.2 Å². The highest BCUT2D eigenvalue weighted by Gasteiger charge is 2.05. The van der Waals surface area contributed by atoms with Crippen LogP contribution in [0.1, 0.15) is 12.5 Å². The molecule has 1 heterocycles. The molecule has 0 saturated heterocycles. The summed E-state index contributed by atoms with van der Waals surface area (Å²) in [6, 6.07) is 12.8. The van der Waals surface area contributed by atoms with Crippen LogP contribution in [0.5, 0.6) is 0 Å². The molecular weight excluding hydrogens is 391 g/mol. The van der Waals surface area contributed by atoms with E-state index in [1.807, 2.05) is 41.8 Å². The molecule has 2 N–H and O–H groups in total. The second-order valence-electron chi connectivity index (χ2n) is 5.31. The van der Waals surface area contributed by atoms with Crippen molar-refractivity contribution in [3.8, 4) is 11.3 Å². The first-order valence-corrected chi connectivity index (χ1v) is 9.23. The minimum absolute atomic E-state index is 0.101. The summed E-state index contributed by atoms with van der Waals surface area (Å²) >= 11 is 13.5. The maximum absolute atomic E-state index is 11.1. The van der Waals surface area contributed by atoms with Gasteiger partial charge in [0, 0.05) is 29.1 Å². The summed E-state index contributed by atoms with van der Waals surface area (Å²) in [5.41, 5.74) is 6.12. The molecule has 3 rings (SSSR count). The van der Waals surface area contributed by atoms with Gasteiger partial charge in [-0.15, -0.1) is 11.3 Å². The molecule has 0 aliphatic carbocycles. The first-order chi connectivity index (χ1) is 12.5. The van der Waals surface area contributed by atoms with E-state index in [1.165, 1.54) is 18.3 Å². The predicted octanol–water partition coefficient (Wildman–Crippen LogP) is 5.52. The molecule has 8 heteroatoms. The van der Waals surface area contributed by atoms with Gasteiger partial charge in [-0.2, -0.15) is 5.10 Å². The van der Waals surface area contributed by atoms with Crippen molar-refractivity contribution in [3.05, 3.63) is 63.5 Å². The van der Waals surface area contributed by atoms with Crippen LogP contribution in [0.3, 0.4) is 0 Å². The fourth-order valence-corrected chi connectivity index (χ4v) is 3.19. The van der Waals surface area contributed by atoms with Gasteiger partial charge in [-0.05, 0) is 18.2 Å². The number of carbonyl (C=O) groups is 1. The summed E-state index contributed by atoms with van der Waals surface area (Å²) in [5.74, 6) is -0.101. The van der Waals surface area contributed by atoms with Gasteiger partial charge in [-0.25, -0.2) is 4.98 Å². The number of amides is 1. The number of aromatic nitrogens is 1. The van der Waals surface area contributed by atoms with Crippen molar-refractivity contribution in [2.75, 3.05) is 10.7 Å². The Morgan fingerprint density at radius 3 is 2.69 bits per heavy atom. The Bertz CT molecular complexity index is 954. The van der Waals surface area contributed by atoms with Gasteiger partial charge in [0.25, 0.3) is 0 Å². The van der Waals surface area contributed by atoms with E-state index in [9.17, 15) is 4.79 Å². The highest BCUT2D eigenvalue weighted by atomic mass is 35.5. The SMILES string of the molecule is CC(=O)Nc1ccc(-c2csc(N/N=C\c3cccc(Cl)c3Cl)n2)cc1. The number of nitrogens with zero attached hydrogens (tertiary/aromatic N) is 2. The third-order valence-electron chi connectivity index (χ3n) is 3.35. The Hall–Kier alpha value is -2.41. The van der Waals surface area contributed by atoms with Crippen LogP contribution in [-0.4, -0.2) is 17.1 Å². The normalized spacial score (nSPS) is 10.9. The molecule has 0 radical (unpaired) electrons. The molecule has 132 valence electrons. The van der Waals surface area contributed by atoms with Gasteiger partial charge >= 0.3 is 0 Å². The number of halogens is 2. The van der Waals surface area contributed by atoms with E-state index in [0.717, 1.165) is 22.5 Å². The fraction of sp³-hybridized carbons (Fsp3) is 0.0556. The standard InChI is InChI=1S/C18H14Cl2N4OS/c1-11(25)22-14-7-5-12(6-8-14)16-10-26-18(23-16)24-21-9-13-3-2-4-15(19)17(13)20/h2-10H,1H3,(H,22,25)(H,23,24)/b21-9-. The van der Waals surface area contributed by atoms with Crippen LogP contribution >= 0.6 is 34.5 Å². The van der Waals surface area contributed by atoms with E-state index < -0.39 is 0 Å². The molecule has 0 bridgehead atoms. The van der Waals surface area contributed by atoms with Crippen LogP contribution in [0.4, 0.5) is 10.8 Å². The van der Waals surface area contributed by atoms with Crippen molar-refractivity contribution in [1.29, 1.82) is 0 Å². The Balaban J connectivity index is 1.67. The average Bonchev–Trinajstić information content (AvgIpc) is 3.08. The number of rotatable bonds is 5. The molecule has 0 saturated carbocycles. The predicted molar refractivity (Wildman–Crippen MR) is 110 cm³/mol. The summed E-state index contributed by atoms with van der Waals surface area (Å²) in [6.45, 7) is 1.48. The minimum atomic E-state index is -0.101. The molecule has 26 heavy (non-hydrogen) atoms. The van der Waals surface area contributed by atoms with Gasteiger partial charge < -0.3 is 5.32 Å². The summed E-state index contributed by atoms with van der Waals surface area (Å²) in [5, 5.41) is 10.4. The summed E-state index contributed by atoms with van der Waals surface area (Å²) < 4.78 is 0. The van der Waals surface area contributed by atoms with Crippen molar-refractivity contribution in [2.45, 2.75) is 6.92 Å². The number of hydrazone groups is 1. The number of hydrogen-bond donors (Lipinski definition) is 2. The molecule has 0 fully saturated rings. The molecule has 0 unspecified atom stereocenters. The summed E-state index contributed by atoms with van der Waals surface area (Å²) in [7, 11) is 0. The van der Waals surface area contributed by atoms with E-state index in [-0.39, 0.29) is 5.91 Å². The van der Waals surface area contributed by atoms with Crippen molar-refractivity contribution in [3.63, 3.8) is 0 Å². The average molecular weight is 405 g/mol. The third-order valence-corrected chi connectivity index (χ3v) is 4.93. The third kappa shape index (κ3) is 4.60.